The van der Waals surface area contributed by atoms with Crippen LogP contribution in [0.15, 0.2) is 6.20 Å². The molecule has 1 aromatic heterocycles. The van der Waals surface area contributed by atoms with Crippen LogP contribution in [0, 0.1) is 5.92 Å². The Kier molecular flexibility index (Phi) is 2.99. The van der Waals surface area contributed by atoms with E-state index < -0.39 is 0 Å². The topological polar surface area (TPSA) is 24.9 Å². The van der Waals surface area contributed by atoms with Gasteiger partial charge in [0.1, 0.15) is 0 Å². The molecular weight excluding hydrogens is 216 g/mol. The van der Waals surface area contributed by atoms with Crippen molar-refractivity contribution in [2.24, 2.45) is 5.92 Å². The van der Waals surface area contributed by atoms with Crippen molar-refractivity contribution in [2.75, 3.05) is 0 Å². The van der Waals surface area contributed by atoms with Gasteiger partial charge in [0.05, 0.1) is 5.01 Å². The second-order valence-electron chi connectivity index (χ2n) is 5.21. The molecule has 2 aliphatic carbocycles. The molecule has 2 saturated carbocycles. The maximum atomic E-state index is 4.51. The first-order valence-corrected chi connectivity index (χ1v) is 7.36. The second kappa shape index (κ2) is 4.46. The van der Waals surface area contributed by atoms with E-state index in [9.17, 15) is 0 Å². The van der Waals surface area contributed by atoms with Crippen LogP contribution in [0.3, 0.4) is 0 Å². The average Bonchev–Trinajstić information content (AvgIpc) is 3.19. The number of hydrogen-bond acceptors (Lipinski definition) is 3. The third-order valence-electron chi connectivity index (χ3n) is 3.62. The van der Waals surface area contributed by atoms with Gasteiger partial charge >= 0.3 is 0 Å². The van der Waals surface area contributed by atoms with Crippen molar-refractivity contribution in [1.82, 2.24) is 10.3 Å². The van der Waals surface area contributed by atoms with Crippen LogP contribution in [-0.2, 0) is 6.54 Å². The first kappa shape index (κ1) is 10.7. The molecule has 0 aromatic carbocycles. The number of aromatic nitrogens is 1. The van der Waals surface area contributed by atoms with Gasteiger partial charge in [-0.2, -0.15) is 0 Å². The smallest absolute Gasteiger partial charge is 0.0959 e. The first-order chi connectivity index (χ1) is 7.86. The van der Waals surface area contributed by atoms with Crippen LogP contribution in [0.1, 0.15) is 54.8 Å². The summed E-state index contributed by atoms with van der Waals surface area (Å²) in [5, 5.41) is 5.02. The van der Waals surface area contributed by atoms with Crippen molar-refractivity contribution in [2.45, 2.75) is 57.5 Å². The molecule has 3 heteroatoms. The molecule has 0 amide bonds. The largest absolute Gasteiger partial charge is 0.309 e. The monoisotopic (exact) mass is 236 g/mol. The van der Waals surface area contributed by atoms with E-state index in [1.807, 2.05) is 11.3 Å². The van der Waals surface area contributed by atoms with Crippen molar-refractivity contribution in [3.05, 3.63) is 16.1 Å². The lowest BCUT2D eigenvalue weighted by molar-refractivity contribution is 0.602. The van der Waals surface area contributed by atoms with E-state index in [0.29, 0.717) is 0 Å². The summed E-state index contributed by atoms with van der Waals surface area (Å²) in [6, 6.07) is 0.798. The fourth-order valence-corrected chi connectivity index (χ4v) is 3.38. The van der Waals surface area contributed by atoms with E-state index in [1.54, 1.807) is 0 Å². The maximum absolute atomic E-state index is 4.51. The summed E-state index contributed by atoms with van der Waals surface area (Å²) in [5.41, 5.74) is 0. The van der Waals surface area contributed by atoms with Gasteiger partial charge in [-0.05, 0) is 31.6 Å². The van der Waals surface area contributed by atoms with E-state index >= 15 is 0 Å². The van der Waals surface area contributed by atoms with Gasteiger partial charge < -0.3 is 5.32 Å². The molecular formula is C13H20N2S. The van der Waals surface area contributed by atoms with Crippen LogP contribution >= 0.6 is 11.3 Å². The maximum Gasteiger partial charge on any atom is 0.0959 e. The minimum absolute atomic E-state index is 0.798. The predicted molar refractivity (Wildman–Crippen MR) is 67.7 cm³/mol. The Labute approximate surface area is 101 Å². The van der Waals surface area contributed by atoms with Crippen molar-refractivity contribution in [3.63, 3.8) is 0 Å². The normalized spacial score (nSPS) is 28.3. The minimum Gasteiger partial charge on any atom is -0.309 e. The van der Waals surface area contributed by atoms with Crippen molar-refractivity contribution in [1.29, 1.82) is 0 Å². The molecule has 0 radical (unpaired) electrons. The van der Waals surface area contributed by atoms with Crippen molar-refractivity contribution in [3.8, 4) is 0 Å². The Balaban J connectivity index is 1.44. The molecule has 1 N–H and O–H groups in total. The molecule has 2 nitrogen and oxygen atoms in total. The van der Waals surface area contributed by atoms with Crippen LogP contribution in [0.4, 0.5) is 0 Å². The van der Waals surface area contributed by atoms with Gasteiger partial charge in [-0.25, -0.2) is 4.98 Å². The zero-order valence-corrected chi connectivity index (χ0v) is 10.7. The van der Waals surface area contributed by atoms with Gasteiger partial charge in [0.2, 0.25) is 0 Å². The van der Waals surface area contributed by atoms with Gasteiger partial charge in [-0.1, -0.05) is 13.3 Å². The van der Waals surface area contributed by atoms with E-state index in [1.165, 1.54) is 42.0 Å². The quantitative estimate of drug-likeness (QED) is 0.819. The lowest BCUT2D eigenvalue weighted by Gasteiger charge is -2.00. The van der Waals surface area contributed by atoms with Gasteiger partial charge in [-0.3, -0.25) is 0 Å². The number of thiazole rings is 1. The Hall–Kier alpha value is -0.410. The zero-order chi connectivity index (χ0) is 11.0. The van der Waals surface area contributed by atoms with Crippen molar-refractivity contribution < 1.29 is 0 Å². The van der Waals surface area contributed by atoms with Gasteiger partial charge in [0, 0.05) is 29.6 Å². The molecule has 2 atom stereocenters. The van der Waals surface area contributed by atoms with Crippen LogP contribution in [0.25, 0.3) is 0 Å². The van der Waals surface area contributed by atoms with Crippen LogP contribution in [0.5, 0.6) is 0 Å². The number of hydrogen-bond donors (Lipinski definition) is 1. The zero-order valence-electron chi connectivity index (χ0n) is 9.91. The molecule has 2 unspecified atom stereocenters. The summed E-state index contributed by atoms with van der Waals surface area (Å²) in [6.07, 6.45) is 8.91. The molecule has 0 saturated heterocycles. The van der Waals surface area contributed by atoms with Crippen LogP contribution < -0.4 is 5.32 Å². The highest BCUT2D eigenvalue weighted by molar-refractivity contribution is 7.11. The lowest BCUT2D eigenvalue weighted by Crippen LogP contribution is -2.16. The molecule has 2 fully saturated rings. The molecule has 0 bridgehead atoms. The number of rotatable bonds is 6. The van der Waals surface area contributed by atoms with Gasteiger partial charge in [0.25, 0.3) is 0 Å². The highest BCUT2D eigenvalue weighted by Crippen LogP contribution is 2.42. The fourth-order valence-electron chi connectivity index (χ4n) is 2.34. The average molecular weight is 236 g/mol. The summed E-state index contributed by atoms with van der Waals surface area (Å²) in [6.45, 7) is 3.32. The predicted octanol–water partition coefficient (Wildman–Crippen LogP) is 3.30. The molecule has 0 spiro atoms. The summed E-state index contributed by atoms with van der Waals surface area (Å²) in [5.74, 6) is 1.77. The van der Waals surface area contributed by atoms with Crippen molar-refractivity contribution >= 4 is 11.3 Å². The van der Waals surface area contributed by atoms with Crippen LogP contribution in [-0.4, -0.2) is 11.0 Å². The van der Waals surface area contributed by atoms with E-state index in [0.717, 1.165) is 24.4 Å². The molecule has 1 aromatic rings. The fraction of sp³-hybridized carbons (Fsp3) is 0.769. The molecule has 2 aliphatic rings. The molecule has 1 heterocycles. The van der Waals surface area contributed by atoms with Crippen LogP contribution in [0.2, 0.25) is 0 Å². The summed E-state index contributed by atoms with van der Waals surface area (Å²) >= 11 is 1.91. The van der Waals surface area contributed by atoms with Gasteiger partial charge in [0.15, 0.2) is 0 Å². The Bertz CT molecular complexity index is 357. The number of nitrogens with one attached hydrogen (secondary N) is 1. The van der Waals surface area contributed by atoms with E-state index in [2.05, 4.69) is 23.4 Å². The molecule has 0 aliphatic heterocycles. The second-order valence-corrected chi connectivity index (χ2v) is 6.36. The third-order valence-corrected chi connectivity index (χ3v) is 4.78. The Morgan fingerprint density at radius 3 is 3.12 bits per heavy atom. The minimum atomic E-state index is 0.798. The SMILES string of the molecule is CCCC1CC1NCc1cnc(C2CC2)s1. The lowest BCUT2D eigenvalue weighted by atomic mass is 10.2. The summed E-state index contributed by atoms with van der Waals surface area (Å²) in [4.78, 5) is 5.93. The van der Waals surface area contributed by atoms with E-state index in [-0.39, 0.29) is 0 Å². The van der Waals surface area contributed by atoms with Gasteiger partial charge in [-0.15, -0.1) is 11.3 Å². The first-order valence-electron chi connectivity index (χ1n) is 6.54. The molecule has 88 valence electrons. The molecule has 3 rings (SSSR count). The Morgan fingerprint density at radius 2 is 2.38 bits per heavy atom. The third kappa shape index (κ3) is 2.46. The number of nitrogens with zero attached hydrogens (tertiary/aromatic N) is 1. The standard InChI is InChI=1S/C13H20N2S/c1-2-3-10-6-12(10)14-7-11-8-15-13(16-11)9-4-5-9/h8-10,12,14H,2-7H2,1H3. The highest BCUT2D eigenvalue weighted by Gasteiger charge is 2.35. The highest BCUT2D eigenvalue weighted by atomic mass is 32.1. The Morgan fingerprint density at radius 1 is 1.50 bits per heavy atom. The summed E-state index contributed by atoms with van der Waals surface area (Å²) in [7, 11) is 0. The van der Waals surface area contributed by atoms with E-state index in [4.69, 9.17) is 0 Å². The summed E-state index contributed by atoms with van der Waals surface area (Å²) < 4.78 is 0. The molecule has 16 heavy (non-hydrogen) atoms.